The molecule has 0 heterocycles. The minimum absolute atomic E-state index is 0.0372. The van der Waals surface area contributed by atoms with Crippen LogP contribution in [-0.2, 0) is 16.0 Å². The highest BCUT2D eigenvalue weighted by Gasteiger charge is 2.19. The van der Waals surface area contributed by atoms with E-state index in [1.54, 1.807) is 36.4 Å². The second-order valence-corrected chi connectivity index (χ2v) is 5.21. The Balaban J connectivity index is 2.13. The number of amides is 2. The third kappa shape index (κ3) is 4.19. The summed E-state index contributed by atoms with van der Waals surface area (Å²) < 4.78 is 0. The van der Waals surface area contributed by atoms with E-state index in [4.69, 9.17) is 5.11 Å². The smallest absolute Gasteiger partial charge is 0.303 e. The number of phenolic OH excluding ortho intramolecular Hbond substituents is 1. The molecule has 6 nitrogen and oxygen atoms in total. The lowest BCUT2D eigenvalue weighted by Crippen LogP contribution is -2.29. The summed E-state index contributed by atoms with van der Waals surface area (Å²) in [6.07, 6.45) is 1.60. The Morgan fingerprint density at radius 1 is 1.04 bits per heavy atom. The van der Waals surface area contributed by atoms with Gasteiger partial charge in [-0.3, -0.25) is 14.4 Å². The van der Waals surface area contributed by atoms with Gasteiger partial charge in [0.05, 0.1) is 11.3 Å². The average molecular weight is 327 g/mol. The maximum absolute atomic E-state index is 12.4. The van der Waals surface area contributed by atoms with Crippen LogP contribution < -0.4 is 4.90 Å². The number of aryl methyl sites for hydroxylation is 1. The van der Waals surface area contributed by atoms with E-state index in [-0.39, 0.29) is 17.7 Å². The lowest BCUT2D eigenvalue weighted by Gasteiger charge is -2.16. The van der Waals surface area contributed by atoms with Gasteiger partial charge in [0.1, 0.15) is 5.75 Å². The number of rotatable bonds is 7. The van der Waals surface area contributed by atoms with E-state index in [1.807, 2.05) is 0 Å². The van der Waals surface area contributed by atoms with Gasteiger partial charge in [0, 0.05) is 6.42 Å². The lowest BCUT2D eigenvalue weighted by atomic mass is 10.1. The topological polar surface area (TPSA) is 94.9 Å². The summed E-state index contributed by atoms with van der Waals surface area (Å²) in [5.74, 6) is -1.66. The largest absolute Gasteiger partial charge is 0.507 e. The first-order valence-corrected chi connectivity index (χ1v) is 7.40. The molecule has 2 N–H and O–H groups in total. The van der Waals surface area contributed by atoms with Gasteiger partial charge < -0.3 is 10.2 Å². The number of carboxylic acids is 1. The Kier molecular flexibility index (Phi) is 5.68. The van der Waals surface area contributed by atoms with Gasteiger partial charge in [-0.1, -0.05) is 24.3 Å². The number of nitrogens with zero attached hydrogens (tertiary/aromatic N) is 1. The summed E-state index contributed by atoms with van der Waals surface area (Å²) in [5.41, 5.74) is 1.33. The van der Waals surface area contributed by atoms with Crippen molar-refractivity contribution in [3.8, 4) is 5.75 Å². The maximum Gasteiger partial charge on any atom is 0.303 e. The van der Waals surface area contributed by atoms with Crippen LogP contribution in [0.5, 0.6) is 5.75 Å². The van der Waals surface area contributed by atoms with Crippen molar-refractivity contribution in [3.63, 3.8) is 0 Å². The summed E-state index contributed by atoms with van der Waals surface area (Å²) in [5, 5.41) is 18.4. The molecule has 0 aliphatic carbocycles. The molecule has 6 heteroatoms. The summed E-state index contributed by atoms with van der Waals surface area (Å²) in [6, 6.07) is 12.7. The van der Waals surface area contributed by atoms with E-state index in [0.717, 1.165) is 10.5 Å². The number of aromatic hydroxyl groups is 1. The van der Waals surface area contributed by atoms with Crippen molar-refractivity contribution < 1.29 is 24.6 Å². The first-order chi connectivity index (χ1) is 11.5. The number of imide groups is 1. The minimum atomic E-state index is -0.841. The predicted molar refractivity (Wildman–Crippen MR) is 88.0 cm³/mol. The van der Waals surface area contributed by atoms with Crippen LogP contribution in [0, 0.1) is 0 Å². The molecule has 0 aliphatic rings. The molecule has 0 radical (unpaired) electrons. The molecule has 124 valence electrons. The highest BCUT2D eigenvalue weighted by molar-refractivity contribution is 6.16. The number of phenols is 1. The van der Waals surface area contributed by atoms with Gasteiger partial charge in [0.2, 0.25) is 6.41 Å². The SMILES string of the molecule is O=CN(C(=O)c1ccccc1O)c1ccc(CCCC(=O)O)cc1. The summed E-state index contributed by atoms with van der Waals surface area (Å²) in [4.78, 5) is 35.1. The monoisotopic (exact) mass is 327 g/mol. The number of carbonyl (C=O) groups is 3. The lowest BCUT2D eigenvalue weighted by molar-refractivity contribution is -0.137. The van der Waals surface area contributed by atoms with Crippen molar-refractivity contribution in [2.45, 2.75) is 19.3 Å². The predicted octanol–water partition coefficient (Wildman–Crippen LogP) is 2.60. The zero-order chi connectivity index (χ0) is 17.5. The number of para-hydroxylation sites is 1. The van der Waals surface area contributed by atoms with Crippen molar-refractivity contribution in [3.05, 3.63) is 59.7 Å². The van der Waals surface area contributed by atoms with Gasteiger partial charge >= 0.3 is 5.97 Å². The van der Waals surface area contributed by atoms with Gasteiger partial charge in [0.25, 0.3) is 5.91 Å². The number of hydrogen-bond acceptors (Lipinski definition) is 4. The number of aliphatic carboxylic acids is 1. The van der Waals surface area contributed by atoms with Gasteiger partial charge in [-0.25, -0.2) is 4.90 Å². The van der Waals surface area contributed by atoms with Crippen LogP contribution in [-0.4, -0.2) is 28.5 Å². The molecule has 0 atom stereocenters. The molecule has 2 amide bonds. The first-order valence-electron chi connectivity index (χ1n) is 7.40. The number of carbonyl (C=O) groups excluding carboxylic acids is 2. The Hall–Kier alpha value is -3.15. The van der Waals surface area contributed by atoms with Gasteiger partial charge in [-0.15, -0.1) is 0 Å². The van der Waals surface area contributed by atoms with Crippen LogP contribution in [0.15, 0.2) is 48.5 Å². The van der Waals surface area contributed by atoms with Crippen LogP contribution in [0.25, 0.3) is 0 Å². The average Bonchev–Trinajstić information content (AvgIpc) is 2.57. The van der Waals surface area contributed by atoms with Crippen LogP contribution in [0.2, 0.25) is 0 Å². The molecule has 0 unspecified atom stereocenters. The van der Waals surface area contributed by atoms with E-state index in [1.165, 1.54) is 12.1 Å². The molecular formula is C18H17NO5. The van der Waals surface area contributed by atoms with Crippen LogP contribution in [0.3, 0.4) is 0 Å². The Morgan fingerprint density at radius 2 is 1.71 bits per heavy atom. The van der Waals surface area contributed by atoms with Gasteiger partial charge in [-0.2, -0.15) is 0 Å². The molecule has 0 bridgehead atoms. The minimum Gasteiger partial charge on any atom is -0.507 e. The van der Waals surface area contributed by atoms with Crippen molar-refractivity contribution in [1.29, 1.82) is 0 Å². The van der Waals surface area contributed by atoms with Crippen molar-refractivity contribution in [1.82, 2.24) is 0 Å². The quantitative estimate of drug-likeness (QED) is 0.762. The van der Waals surface area contributed by atoms with E-state index < -0.39 is 11.9 Å². The van der Waals surface area contributed by atoms with Crippen LogP contribution in [0.1, 0.15) is 28.8 Å². The van der Waals surface area contributed by atoms with Crippen molar-refractivity contribution >= 4 is 24.0 Å². The summed E-state index contributed by atoms with van der Waals surface area (Å²) in [7, 11) is 0. The molecule has 0 saturated carbocycles. The van der Waals surface area contributed by atoms with Crippen LogP contribution in [0.4, 0.5) is 5.69 Å². The second kappa shape index (κ2) is 7.92. The molecule has 0 aromatic heterocycles. The second-order valence-electron chi connectivity index (χ2n) is 5.21. The molecule has 0 fully saturated rings. The maximum atomic E-state index is 12.4. The highest BCUT2D eigenvalue weighted by Crippen LogP contribution is 2.22. The van der Waals surface area contributed by atoms with Crippen molar-refractivity contribution in [2.24, 2.45) is 0 Å². The zero-order valence-corrected chi connectivity index (χ0v) is 12.9. The third-order valence-electron chi connectivity index (χ3n) is 3.53. The fourth-order valence-corrected chi connectivity index (χ4v) is 2.28. The molecule has 2 aromatic carbocycles. The molecule has 0 aliphatic heterocycles. The number of carboxylic acid groups (broad SMARTS) is 1. The number of benzene rings is 2. The first kappa shape index (κ1) is 17.2. The number of anilines is 1. The molecule has 24 heavy (non-hydrogen) atoms. The van der Waals surface area contributed by atoms with E-state index in [0.29, 0.717) is 24.9 Å². The fourth-order valence-electron chi connectivity index (χ4n) is 2.28. The normalized spacial score (nSPS) is 10.2. The van der Waals surface area contributed by atoms with Crippen molar-refractivity contribution in [2.75, 3.05) is 4.90 Å². The van der Waals surface area contributed by atoms with E-state index in [9.17, 15) is 19.5 Å². The molecule has 0 spiro atoms. The Bertz CT molecular complexity index is 739. The van der Waals surface area contributed by atoms with E-state index >= 15 is 0 Å². The molecule has 2 rings (SSSR count). The summed E-state index contributed by atoms with van der Waals surface area (Å²) >= 11 is 0. The fraction of sp³-hybridized carbons (Fsp3) is 0.167. The van der Waals surface area contributed by atoms with Crippen LogP contribution >= 0.6 is 0 Å². The van der Waals surface area contributed by atoms with Gasteiger partial charge in [0.15, 0.2) is 0 Å². The molecule has 0 saturated heterocycles. The Morgan fingerprint density at radius 3 is 2.29 bits per heavy atom. The molecule has 2 aromatic rings. The van der Waals surface area contributed by atoms with E-state index in [2.05, 4.69) is 0 Å². The third-order valence-corrected chi connectivity index (χ3v) is 3.53. The standard InChI is InChI=1S/C18H17NO5/c20-12-19(18(24)15-5-1-2-6-16(15)21)14-10-8-13(9-11-14)4-3-7-17(22)23/h1-2,5-6,8-12,21H,3-4,7H2,(H,22,23). The summed E-state index contributed by atoms with van der Waals surface area (Å²) in [6.45, 7) is 0. The zero-order valence-electron chi connectivity index (χ0n) is 12.9. The number of hydrogen-bond donors (Lipinski definition) is 2. The molecular weight excluding hydrogens is 310 g/mol. The van der Waals surface area contributed by atoms with Gasteiger partial charge in [-0.05, 0) is 42.7 Å². The Labute approximate surface area is 139 Å². The highest BCUT2D eigenvalue weighted by atomic mass is 16.4.